The molecule has 0 saturated carbocycles. The summed E-state index contributed by atoms with van der Waals surface area (Å²) in [5.41, 5.74) is 6.08. The van der Waals surface area contributed by atoms with E-state index in [9.17, 15) is 4.79 Å². The van der Waals surface area contributed by atoms with E-state index < -0.39 is 0 Å². The second-order valence-corrected chi connectivity index (χ2v) is 6.17. The Kier molecular flexibility index (Phi) is 6.24. The molecule has 128 valence electrons. The topological polar surface area (TPSA) is 68.0 Å². The van der Waals surface area contributed by atoms with Crippen LogP contribution in [0.3, 0.4) is 0 Å². The van der Waals surface area contributed by atoms with Crippen molar-refractivity contribution >= 4 is 5.91 Å². The second kappa shape index (κ2) is 8.17. The molecule has 0 bridgehead atoms. The fourth-order valence-electron chi connectivity index (χ4n) is 2.95. The summed E-state index contributed by atoms with van der Waals surface area (Å²) in [5, 5.41) is 0. The summed E-state index contributed by atoms with van der Waals surface area (Å²) in [6.45, 7) is 3.36. The number of hydrogen-bond donors (Lipinski definition) is 1. The van der Waals surface area contributed by atoms with Gasteiger partial charge in [0.05, 0.1) is 12.7 Å². The van der Waals surface area contributed by atoms with Crippen LogP contribution >= 0.6 is 0 Å². The maximum atomic E-state index is 12.8. The summed E-state index contributed by atoms with van der Waals surface area (Å²) in [6.07, 6.45) is 1.04. The fourth-order valence-corrected chi connectivity index (χ4v) is 2.95. The summed E-state index contributed by atoms with van der Waals surface area (Å²) >= 11 is 0. The normalized spacial score (nSPS) is 17.6. The molecule has 1 fully saturated rings. The highest BCUT2D eigenvalue weighted by molar-refractivity contribution is 5.97. The quantitative estimate of drug-likeness (QED) is 0.813. The van der Waals surface area contributed by atoms with Gasteiger partial charge in [-0.25, -0.2) is 0 Å². The molecule has 0 aliphatic carbocycles. The van der Waals surface area contributed by atoms with Gasteiger partial charge < -0.3 is 25.0 Å². The van der Waals surface area contributed by atoms with Gasteiger partial charge in [0, 0.05) is 32.2 Å². The van der Waals surface area contributed by atoms with Crippen LogP contribution in [0, 0.1) is 5.92 Å². The maximum absolute atomic E-state index is 12.8. The summed E-state index contributed by atoms with van der Waals surface area (Å²) in [6, 6.07) is 5.30. The summed E-state index contributed by atoms with van der Waals surface area (Å²) in [5.74, 6) is 1.75. The van der Waals surface area contributed by atoms with E-state index in [0.29, 0.717) is 36.1 Å². The molecule has 1 aromatic carbocycles. The highest BCUT2D eigenvalue weighted by Crippen LogP contribution is 2.28. The average Bonchev–Trinajstić information content (AvgIpc) is 2.99. The smallest absolute Gasteiger partial charge is 0.257 e. The van der Waals surface area contributed by atoms with Gasteiger partial charge >= 0.3 is 0 Å². The standard InChI is InChI=1S/C17H27N3O3/c1-19(2)11-13-6-8-20(12-13)17(21)15-5-4-14(22-3)10-16(15)23-9-7-18/h4-5,10,13H,6-9,11-12,18H2,1-3H3/t13-/m1/s1. The number of ether oxygens (including phenoxy) is 2. The molecule has 1 aromatic rings. The van der Waals surface area contributed by atoms with Crippen molar-refractivity contribution in [2.45, 2.75) is 6.42 Å². The molecule has 1 saturated heterocycles. The SMILES string of the molecule is COc1ccc(C(=O)N2CC[C@H](CN(C)C)C2)c(OCCN)c1. The Morgan fingerprint density at radius 1 is 1.43 bits per heavy atom. The van der Waals surface area contributed by atoms with E-state index in [1.807, 2.05) is 4.90 Å². The first-order valence-electron chi connectivity index (χ1n) is 8.00. The van der Waals surface area contributed by atoms with Gasteiger partial charge in [-0.15, -0.1) is 0 Å². The van der Waals surface area contributed by atoms with Crippen molar-refractivity contribution in [2.75, 3.05) is 54.0 Å². The van der Waals surface area contributed by atoms with Crippen molar-refractivity contribution < 1.29 is 14.3 Å². The monoisotopic (exact) mass is 321 g/mol. The molecule has 6 heteroatoms. The summed E-state index contributed by atoms with van der Waals surface area (Å²) in [7, 11) is 5.72. The lowest BCUT2D eigenvalue weighted by Crippen LogP contribution is -2.31. The van der Waals surface area contributed by atoms with Crippen LogP contribution in [0.15, 0.2) is 18.2 Å². The van der Waals surface area contributed by atoms with Crippen molar-refractivity contribution in [3.05, 3.63) is 23.8 Å². The molecule has 1 aliphatic heterocycles. The molecule has 1 amide bonds. The number of carbonyl (C=O) groups is 1. The molecule has 0 unspecified atom stereocenters. The van der Waals surface area contributed by atoms with Crippen molar-refractivity contribution in [3.8, 4) is 11.5 Å². The molecule has 1 aliphatic rings. The van der Waals surface area contributed by atoms with Gasteiger partial charge in [-0.05, 0) is 38.6 Å². The number of carbonyl (C=O) groups excluding carboxylic acids is 1. The average molecular weight is 321 g/mol. The molecule has 1 heterocycles. The van der Waals surface area contributed by atoms with Gasteiger partial charge in [-0.2, -0.15) is 0 Å². The third-order valence-corrected chi connectivity index (χ3v) is 3.99. The number of nitrogens with two attached hydrogens (primary N) is 1. The zero-order valence-electron chi connectivity index (χ0n) is 14.2. The molecule has 1 atom stereocenters. The second-order valence-electron chi connectivity index (χ2n) is 6.17. The highest BCUT2D eigenvalue weighted by atomic mass is 16.5. The Bertz CT molecular complexity index is 534. The molecule has 0 aromatic heterocycles. The third-order valence-electron chi connectivity index (χ3n) is 3.99. The van der Waals surface area contributed by atoms with E-state index in [0.717, 1.165) is 26.1 Å². The largest absolute Gasteiger partial charge is 0.497 e. The lowest BCUT2D eigenvalue weighted by molar-refractivity contribution is 0.0780. The Hall–Kier alpha value is -1.79. The van der Waals surface area contributed by atoms with E-state index >= 15 is 0 Å². The summed E-state index contributed by atoms with van der Waals surface area (Å²) in [4.78, 5) is 16.9. The van der Waals surface area contributed by atoms with E-state index in [4.69, 9.17) is 15.2 Å². The first kappa shape index (κ1) is 17.6. The first-order chi connectivity index (χ1) is 11.0. The molecule has 23 heavy (non-hydrogen) atoms. The predicted molar refractivity (Wildman–Crippen MR) is 90.1 cm³/mol. The first-order valence-corrected chi connectivity index (χ1v) is 8.00. The van der Waals surface area contributed by atoms with Crippen LogP contribution in [0.4, 0.5) is 0 Å². The van der Waals surface area contributed by atoms with Crippen LogP contribution in [-0.2, 0) is 0 Å². The van der Waals surface area contributed by atoms with Crippen LogP contribution in [0.2, 0.25) is 0 Å². The van der Waals surface area contributed by atoms with E-state index in [1.54, 1.807) is 25.3 Å². The molecule has 2 N–H and O–H groups in total. The number of nitrogens with zero attached hydrogens (tertiary/aromatic N) is 2. The number of rotatable bonds is 7. The summed E-state index contributed by atoms with van der Waals surface area (Å²) < 4.78 is 10.9. The lowest BCUT2D eigenvalue weighted by Gasteiger charge is -2.20. The Balaban J connectivity index is 2.12. The lowest BCUT2D eigenvalue weighted by atomic mass is 10.1. The minimum atomic E-state index is 0.0148. The van der Waals surface area contributed by atoms with Crippen LogP contribution in [0.1, 0.15) is 16.8 Å². The predicted octanol–water partition coefficient (Wildman–Crippen LogP) is 1.06. The molecular weight excluding hydrogens is 294 g/mol. The zero-order valence-corrected chi connectivity index (χ0v) is 14.2. The molecule has 0 spiro atoms. The van der Waals surface area contributed by atoms with Gasteiger partial charge in [-0.1, -0.05) is 0 Å². The van der Waals surface area contributed by atoms with Crippen molar-refractivity contribution in [1.29, 1.82) is 0 Å². The van der Waals surface area contributed by atoms with E-state index in [1.165, 1.54) is 0 Å². The molecule has 6 nitrogen and oxygen atoms in total. The zero-order chi connectivity index (χ0) is 16.8. The molecule has 2 rings (SSSR count). The number of likely N-dealkylation sites (tertiary alicyclic amines) is 1. The van der Waals surface area contributed by atoms with E-state index in [-0.39, 0.29) is 5.91 Å². The number of amides is 1. The van der Waals surface area contributed by atoms with Crippen LogP contribution < -0.4 is 15.2 Å². The molecular formula is C17H27N3O3. The number of benzene rings is 1. The van der Waals surface area contributed by atoms with Crippen molar-refractivity contribution in [3.63, 3.8) is 0 Å². The number of hydrogen-bond acceptors (Lipinski definition) is 5. The van der Waals surface area contributed by atoms with Crippen LogP contribution in [0.5, 0.6) is 11.5 Å². The van der Waals surface area contributed by atoms with E-state index in [2.05, 4.69) is 19.0 Å². The van der Waals surface area contributed by atoms with Gasteiger partial charge in [0.25, 0.3) is 5.91 Å². The number of methoxy groups -OCH3 is 1. The van der Waals surface area contributed by atoms with Crippen LogP contribution in [-0.4, -0.2) is 69.7 Å². The van der Waals surface area contributed by atoms with Gasteiger partial charge in [0.15, 0.2) is 0 Å². The van der Waals surface area contributed by atoms with Crippen LogP contribution in [0.25, 0.3) is 0 Å². The van der Waals surface area contributed by atoms with Gasteiger partial charge in [-0.3, -0.25) is 4.79 Å². The minimum absolute atomic E-state index is 0.0148. The molecule has 0 radical (unpaired) electrons. The highest BCUT2D eigenvalue weighted by Gasteiger charge is 2.28. The van der Waals surface area contributed by atoms with Gasteiger partial charge in [0.2, 0.25) is 0 Å². The minimum Gasteiger partial charge on any atom is -0.497 e. The van der Waals surface area contributed by atoms with Gasteiger partial charge in [0.1, 0.15) is 18.1 Å². The third kappa shape index (κ3) is 4.59. The Morgan fingerprint density at radius 3 is 2.87 bits per heavy atom. The van der Waals surface area contributed by atoms with Crippen molar-refractivity contribution in [1.82, 2.24) is 9.80 Å². The Labute approximate surface area is 138 Å². The Morgan fingerprint density at radius 2 is 2.22 bits per heavy atom. The maximum Gasteiger partial charge on any atom is 0.257 e. The fraction of sp³-hybridized carbons (Fsp3) is 0.588. The van der Waals surface area contributed by atoms with Crippen molar-refractivity contribution in [2.24, 2.45) is 11.7 Å².